The van der Waals surface area contributed by atoms with E-state index in [1.807, 2.05) is 12.1 Å². The standard InChI is InChI=1S/C16H17Cl2N5S/c17-13-2-1-12(9-14(13)18)10-21-16(24)23-7-5-22(6-8-23)15-11-19-3-4-20-15/h1-4,9,11H,5-8,10H2,(H,21,24). The van der Waals surface area contributed by atoms with E-state index in [0.29, 0.717) is 16.6 Å². The topological polar surface area (TPSA) is 44.3 Å². The van der Waals surface area contributed by atoms with Gasteiger partial charge in [-0.15, -0.1) is 0 Å². The molecule has 0 amide bonds. The van der Waals surface area contributed by atoms with Crippen molar-refractivity contribution in [1.82, 2.24) is 20.2 Å². The van der Waals surface area contributed by atoms with Gasteiger partial charge in [-0.05, 0) is 29.9 Å². The Hall–Kier alpha value is -1.63. The average molecular weight is 382 g/mol. The Morgan fingerprint density at radius 1 is 1.12 bits per heavy atom. The molecule has 2 heterocycles. The van der Waals surface area contributed by atoms with Crippen LogP contribution in [0.2, 0.25) is 10.0 Å². The van der Waals surface area contributed by atoms with Gasteiger partial charge in [0.05, 0.1) is 16.2 Å². The number of benzene rings is 1. The van der Waals surface area contributed by atoms with Gasteiger partial charge < -0.3 is 15.1 Å². The first-order chi connectivity index (χ1) is 11.6. The molecule has 8 heteroatoms. The van der Waals surface area contributed by atoms with Crippen molar-refractivity contribution in [3.8, 4) is 0 Å². The number of hydrogen-bond donors (Lipinski definition) is 1. The summed E-state index contributed by atoms with van der Waals surface area (Å²) in [5.41, 5.74) is 1.05. The lowest BCUT2D eigenvalue weighted by molar-refractivity contribution is 0.378. The van der Waals surface area contributed by atoms with E-state index in [9.17, 15) is 0 Å². The third-order valence-electron chi connectivity index (χ3n) is 3.87. The van der Waals surface area contributed by atoms with Crippen LogP contribution in [0.3, 0.4) is 0 Å². The second-order valence-electron chi connectivity index (χ2n) is 5.44. The summed E-state index contributed by atoms with van der Waals surface area (Å²) in [6, 6.07) is 5.59. The fourth-order valence-corrected chi connectivity index (χ4v) is 3.11. The van der Waals surface area contributed by atoms with Gasteiger partial charge in [-0.3, -0.25) is 4.98 Å². The second-order valence-corrected chi connectivity index (χ2v) is 6.65. The molecule has 0 radical (unpaired) electrons. The van der Waals surface area contributed by atoms with Gasteiger partial charge in [0.1, 0.15) is 5.82 Å². The van der Waals surface area contributed by atoms with Crippen LogP contribution in [0, 0.1) is 0 Å². The molecule has 0 bridgehead atoms. The Labute approximate surface area is 156 Å². The predicted octanol–water partition coefficient (Wildman–Crippen LogP) is 2.98. The minimum atomic E-state index is 0.555. The van der Waals surface area contributed by atoms with Gasteiger partial charge >= 0.3 is 0 Å². The van der Waals surface area contributed by atoms with Gasteiger partial charge in [0, 0.05) is 45.1 Å². The predicted molar refractivity (Wildman–Crippen MR) is 102 cm³/mol. The normalized spacial score (nSPS) is 14.6. The van der Waals surface area contributed by atoms with Crippen molar-refractivity contribution < 1.29 is 0 Å². The van der Waals surface area contributed by atoms with Gasteiger partial charge in [0.15, 0.2) is 5.11 Å². The van der Waals surface area contributed by atoms with Gasteiger partial charge in [-0.1, -0.05) is 29.3 Å². The average Bonchev–Trinajstić information content (AvgIpc) is 2.63. The summed E-state index contributed by atoms with van der Waals surface area (Å²) in [5, 5.41) is 5.14. The smallest absolute Gasteiger partial charge is 0.169 e. The molecule has 0 spiro atoms. The molecule has 1 N–H and O–H groups in total. The molecular weight excluding hydrogens is 365 g/mol. The van der Waals surface area contributed by atoms with Crippen LogP contribution in [-0.2, 0) is 6.54 Å². The SMILES string of the molecule is S=C(NCc1ccc(Cl)c(Cl)c1)N1CCN(c2cnccn2)CC1. The quantitative estimate of drug-likeness (QED) is 0.824. The highest BCUT2D eigenvalue weighted by atomic mass is 35.5. The zero-order valence-electron chi connectivity index (χ0n) is 13.0. The van der Waals surface area contributed by atoms with Crippen molar-refractivity contribution in [2.24, 2.45) is 0 Å². The van der Waals surface area contributed by atoms with E-state index in [2.05, 4.69) is 25.1 Å². The molecule has 1 aromatic carbocycles. The van der Waals surface area contributed by atoms with Crippen LogP contribution < -0.4 is 10.2 Å². The number of nitrogens with one attached hydrogen (secondary N) is 1. The number of piperazine rings is 1. The molecular formula is C16H17Cl2N5S. The van der Waals surface area contributed by atoms with Crippen molar-refractivity contribution in [3.63, 3.8) is 0 Å². The highest BCUT2D eigenvalue weighted by molar-refractivity contribution is 7.80. The maximum absolute atomic E-state index is 6.03. The lowest BCUT2D eigenvalue weighted by atomic mass is 10.2. The highest BCUT2D eigenvalue weighted by Crippen LogP contribution is 2.22. The number of halogens is 2. The molecule has 0 aliphatic carbocycles. The summed E-state index contributed by atoms with van der Waals surface area (Å²) in [4.78, 5) is 12.8. The van der Waals surface area contributed by atoms with Crippen LogP contribution in [0.15, 0.2) is 36.8 Å². The van der Waals surface area contributed by atoms with E-state index in [-0.39, 0.29) is 0 Å². The van der Waals surface area contributed by atoms with Gasteiger partial charge in [-0.2, -0.15) is 0 Å². The fourth-order valence-electron chi connectivity index (χ4n) is 2.53. The molecule has 24 heavy (non-hydrogen) atoms. The number of hydrogen-bond acceptors (Lipinski definition) is 4. The first kappa shape index (κ1) is 17.2. The Morgan fingerprint density at radius 2 is 1.92 bits per heavy atom. The van der Waals surface area contributed by atoms with Crippen LogP contribution in [0.5, 0.6) is 0 Å². The number of anilines is 1. The van der Waals surface area contributed by atoms with Crippen LogP contribution >= 0.6 is 35.4 Å². The summed E-state index contributed by atoms with van der Waals surface area (Å²) in [6.45, 7) is 4.06. The second kappa shape index (κ2) is 7.96. The van der Waals surface area contributed by atoms with Crippen molar-refractivity contribution in [2.75, 3.05) is 31.1 Å². The molecule has 126 valence electrons. The lowest BCUT2D eigenvalue weighted by Crippen LogP contribution is -2.51. The van der Waals surface area contributed by atoms with Gasteiger partial charge in [0.25, 0.3) is 0 Å². The van der Waals surface area contributed by atoms with E-state index in [1.54, 1.807) is 24.7 Å². The van der Waals surface area contributed by atoms with Crippen molar-refractivity contribution >= 4 is 46.4 Å². The third-order valence-corrected chi connectivity index (χ3v) is 5.01. The number of thiocarbonyl (C=S) groups is 1. The van der Waals surface area contributed by atoms with E-state index in [4.69, 9.17) is 35.4 Å². The molecule has 1 aliphatic heterocycles. The summed E-state index contributed by atoms with van der Waals surface area (Å²) in [7, 11) is 0. The summed E-state index contributed by atoms with van der Waals surface area (Å²) in [5.74, 6) is 0.909. The molecule has 0 atom stereocenters. The molecule has 1 aliphatic rings. The zero-order chi connectivity index (χ0) is 16.9. The number of rotatable bonds is 3. The molecule has 1 fully saturated rings. The first-order valence-corrected chi connectivity index (χ1v) is 8.77. The Kier molecular flexibility index (Phi) is 5.71. The number of nitrogens with zero attached hydrogens (tertiary/aromatic N) is 4. The third kappa shape index (κ3) is 4.26. The molecule has 3 rings (SSSR count). The van der Waals surface area contributed by atoms with Crippen molar-refractivity contribution in [2.45, 2.75) is 6.54 Å². The molecule has 0 saturated carbocycles. The highest BCUT2D eigenvalue weighted by Gasteiger charge is 2.19. The minimum absolute atomic E-state index is 0.555. The summed E-state index contributed by atoms with van der Waals surface area (Å²) >= 11 is 17.5. The first-order valence-electron chi connectivity index (χ1n) is 7.61. The van der Waals surface area contributed by atoms with Gasteiger partial charge in [0.2, 0.25) is 0 Å². The summed E-state index contributed by atoms with van der Waals surface area (Å²) in [6.07, 6.45) is 5.18. The van der Waals surface area contributed by atoms with Crippen LogP contribution in [-0.4, -0.2) is 46.2 Å². The van der Waals surface area contributed by atoms with E-state index < -0.39 is 0 Å². The van der Waals surface area contributed by atoms with E-state index in [1.165, 1.54) is 0 Å². The Bertz CT molecular complexity index is 705. The molecule has 0 unspecified atom stereocenters. The van der Waals surface area contributed by atoms with Crippen LogP contribution in [0.1, 0.15) is 5.56 Å². The van der Waals surface area contributed by atoms with Crippen molar-refractivity contribution in [3.05, 3.63) is 52.4 Å². The minimum Gasteiger partial charge on any atom is -0.358 e. The van der Waals surface area contributed by atoms with Gasteiger partial charge in [-0.25, -0.2) is 4.98 Å². The zero-order valence-corrected chi connectivity index (χ0v) is 15.3. The molecule has 1 aromatic heterocycles. The van der Waals surface area contributed by atoms with E-state index in [0.717, 1.165) is 42.7 Å². The maximum Gasteiger partial charge on any atom is 0.169 e. The Morgan fingerprint density at radius 3 is 2.58 bits per heavy atom. The van der Waals surface area contributed by atoms with Crippen LogP contribution in [0.25, 0.3) is 0 Å². The van der Waals surface area contributed by atoms with Crippen LogP contribution in [0.4, 0.5) is 5.82 Å². The largest absolute Gasteiger partial charge is 0.358 e. The number of aromatic nitrogens is 2. The monoisotopic (exact) mass is 381 g/mol. The molecule has 1 saturated heterocycles. The van der Waals surface area contributed by atoms with E-state index >= 15 is 0 Å². The molecule has 2 aromatic rings. The lowest BCUT2D eigenvalue weighted by Gasteiger charge is -2.36. The van der Waals surface area contributed by atoms with Crippen molar-refractivity contribution in [1.29, 1.82) is 0 Å². The molecule has 5 nitrogen and oxygen atoms in total. The fraction of sp³-hybridized carbons (Fsp3) is 0.312. The Balaban J connectivity index is 1.49. The summed E-state index contributed by atoms with van der Waals surface area (Å²) < 4.78 is 0. The maximum atomic E-state index is 6.03.